The number of para-hydroxylation sites is 1. The minimum atomic E-state index is -1.21. The molecule has 1 N–H and O–H groups in total. The highest BCUT2D eigenvalue weighted by atomic mass is 79.9. The second-order valence-electron chi connectivity index (χ2n) is 6.08. The van der Waals surface area contributed by atoms with Gasteiger partial charge in [0.05, 0.1) is 5.69 Å². The van der Waals surface area contributed by atoms with Crippen LogP contribution in [0.25, 0.3) is 0 Å². The van der Waals surface area contributed by atoms with E-state index in [1.54, 1.807) is 0 Å². The van der Waals surface area contributed by atoms with E-state index in [1.807, 2.05) is 79.7 Å². The van der Waals surface area contributed by atoms with E-state index in [2.05, 4.69) is 21.2 Å². The second-order valence-corrected chi connectivity index (χ2v) is 6.93. The summed E-state index contributed by atoms with van der Waals surface area (Å²) >= 11 is 3.52. The van der Waals surface area contributed by atoms with Crippen LogP contribution in [0.1, 0.15) is 16.7 Å². The van der Waals surface area contributed by atoms with Crippen molar-refractivity contribution in [2.45, 2.75) is 12.5 Å². The van der Waals surface area contributed by atoms with Gasteiger partial charge in [-0.3, -0.25) is 4.79 Å². The topological polar surface area (TPSA) is 38.3 Å². The molecule has 0 aromatic heterocycles. The normalized spacial score (nSPS) is 18.6. The van der Waals surface area contributed by atoms with E-state index >= 15 is 0 Å². The van der Waals surface area contributed by atoms with Gasteiger partial charge in [0.15, 0.2) is 0 Å². The lowest BCUT2D eigenvalue weighted by atomic mass is 9.87. The first-order chi connectivity index (χ1) is 12.1. The predicted octanol–water partition coefficient (Wildman–Crippen LogP) is 5.03. The summed E-state index contributed by atoms with van der Waals surface area (Å²) in [4.78, 5) is 13.1. The second kappa shape index (κ2) is 6.05. The number of fused-ring (bicyclic) bond motifs is 1. The Labute approximate surface area is 154 Å². The number of anilines is 1. The fraction of sp³-hybridized carbons (Fsp3) is 0.0952. The summed E-state index contributed by atoms with van der Waals surface area (Å²) in [7, 11) is 0. The Morgan fingerprint density at radius 3 is 2.36 bits per heavy atom. The van der Waals surface area contributed by atoms with Gasteiger partial charge in [0.2, 0.25) is 5.60 Å². The van der Waals surface area contributed by atoms with Crippen molar-refractivity contribution in [2.75, 3.05) is 5.32 Å². The molecule has 1 aliphatic rings. The predicted molar refractivity (Wildman–Crippen MR) is 102 cm³/mol. The first-order valence-electron chi connectivity index (χ1n) is 8.03. The Balaban J connectivity index is 1.94. The molecular formula is C21H16BrNO2. The molecule has 0 saturated heterocycles. The summed E-state index contributed by atoms with van der Waals surface area (Å²) in [5, 5.41) is 2.98. The van der Waals surface area contributed by atoms with E-state index < -0.39 is 5.60 Å². The summed E-state index contributed by atoms with van der Waals surface area (Å²) in [5.41, 5.74) is 2.28. The number of hydrogen-bond acceptors (Lipinski definition) is 2. The molecule has 1 atom stereocenters. The number of aryl methyl sites for hydroxylation is 1. The molecule has 1 aliphatic heterocycles. The molecule has 1 heterocycles. The van der Waals surface area contributed by atoms with E-state index in [1.165, 1.54) is 0 Å². The van der Waals surface area contributed by atoms with Crippen LogP contribution in [0, 0.1) is 6.92 Å². The Morgan fingerprint density at radius 1 is 0.920 bits per heavy atom. The molecule has 25 heavy (non-hydrogen) atoms. The maximum Gasteiger partial charge on any atom is 0.278 e. The third-order valence-electron chi connectivity index (χ3n) is 4.42. The molecule has 124 valence electrons. The van der Waals surface area contributed by atoms with Crippen LogP contribution in [-0.4, -0.2) is 5.91 Å². The minimum absolute atomic E-state index is 0.193. The molecule has 3 aromatic rings. The smallest absolute Gasteiger partial charge is 0.278 e. The van der Waals surface area contributed by atoms with Crippen LogP contribution in [0.15, 0.2) is 77.3 Å². The lowest BCUT2D eigenvalue weighted by Crippen LogP contribution is -2.41. The summed E-state index contributed by atoms with van der Waals surface area (Å²) in [6, 6.07) is 23.1. The first kappa shape index (κ1) is 15.9. The van der Waals surface area contributed by atoms with E-state index in [0.717, 1.165) is 26.9 Å². The van der Waals surface area contributed by atoms with Gasteiger partial charge in [-0.1, -0.05) is 60.2 Å². The molecule has 0 radical (unpaired) electrons. The first-order valence-corrected chi connectivity index (χ1v) is 8.82. The zero-order valence-corrected chi connectivity index (χ0v) is 15.2. The maximum atomic E-state index is 13.1. The van der Waals surface area contributed by atoms with Crippen molar-refractivity contribution in [3.8, 4) is 5.75 Å². The molecule has 0 aliphatic carbocycles. The third-order valence-corrected chi connectivity index (χ3v) is 5.08. The van der Waals surface area contributed by atoms with E-state index in [4.69, 9.17) is 4.74 Å². The highest BCUT2D eigenvalue weighted by molar-refractivity contribution is 9.10. The molecular weight excluding hydrogens is 378 g/mol. The van der Waals surface area contributed by atoms with Crippen LogP contribution in [-0.2, 0) is 10.4 Å². The van der Waals surface area contributed by atoms with Gasteiger partial charge in [0.1, 0.15) is 5.75 Å². The SMILES string of the molecule is Cc1ccc(O[C@]2(c3ccccc3)C(=O)Nc3c(Br)cccc32)cc1. The Kier molecular flexibility index (Phi) is 3.85. The fourth-order valence-corrected chi connectivity index (χ4v) is 3.64. The number of ether oxygens (including phenoxy) is 1. The molecule has 0 fully saturated rings. The van der Waals surface area contributed by atoms with Gasteiger partial charge >= 0.3 is 0 Å². The Bertz CT molecular complexity index is 938. The van der Waals surface area contributed by atoms with Crippen molar-refractivity contribution in [2.24, 2.45) is 0 Å². The van der Waals surface area contributed by atoms with Crippen molar-refractivity contribution >= 4 is 27.5 Å². The van der Waals surface area contributed by atoms with Gasteiger partial charge in [-0.15, -0.1) is 0 Å². The minimum Gasteiger partial charge on any atom is -0.468 e. The monoisotopic (exact) mass is 393 g/mol. The number of rotatable bonds is 3. The van der Waals surface area contributed by atoms with Gasteiger partial charge < -0.3 is 10.1 Å². The van der Waals surface area contributed by atoms with Gasteiger partial charge in [0.25, 0.3) is 5.91 Å². The third kappa shape index (κ3) is 2.53. The van der Waals surface area contributed by atoms with Crippen molar-refractivity contribution in [1.29, 1.82) is 0 Å². The molecule has 4 rings (SSSR count). The number of halogens is 1. The van der Waals surface area contributed by atoms with Crippen LogP contribution in [0.5, 0.6) is 5.75 Å². The molecule has 0 bridgehead atoms. The Morgan fingerprint density at radius 2 is 1.64 bits per heavy atom. The number of carbonyl (C=O) groups excluding carboxylic acids is 1. The van der Waals surface area contributed by atoms with Gasteiger partial charge in [-0.05, 0) is 41.1 Å². The van der Waals surface area contributed by atoms with Gasteiger partial charge in [0, 0.05) is 15.6 Å². The summed E-state index contributed by atoms with van der Waals surface area (Å²) < 4.78 is 7.20. The average molecular weight is 394 g/mol. The maximum absolute atomic E-state index is 13.1. The highest BCUT2D eigenvalue weighted by Gasteiger charge is 2.51. The summed E-state index contributed by atoms with van der Waals surface area (Å²) in [5.74, 6) is 0.457. The number of carbonyl (C=O) groups is 1. The zero-order chi connectivity index (χ0) is 17.4. The Hall–Kier alpha value is -2.59. The van der Waals surface area contributed by atoms with Crippen LogP contribution >= 0.6 is 15.9 Å². The van der Waals surface area contributed by atoms with Gasteiger partial charge in [-0.25, -0.2) is 0 Å². The van der Waals surface area contributed by atoms with Crippen molar-refractivity contribution < 1.29 is 9.53 Å². The van der Waals surface area contributed by atoms with Gasteiger partial charge in [-0.2, -0.15) is 0 Å². The van der Waals surface area contributed by atoms with Crippen molar-refractivity contribution in [1.82, 2.24) is 0 Å². The van der Waals surface area contributed by atoms with Crippen LogP contribution in [0.2, 0.25) is 0 Å². The van der Waals surface area contributed by atoms with E-state index in [9.17, 15) is 4.79 Å². The molecule has 0 unspecified atom stereocenters. The largest absolute Gasteiger partial charge is 0.468 e. The van der Waals surface area contributed by atoms with Crippen molar-refractivity contribution in [3.63, 3.8) is 0 Å². The lowest BCUT2D eigenvalue weighted by Gasteiger charge is -2.29. The molecule has 4 heteroatoms. The van der Waals surface area contributed by atoms with E-state index in [0.29, 0.717) is 5.75 Å². The molecule has 3 aromatic carbocycles. The summed E-state index contributed by atoms with van der Waals surface area (Å²) in [6.45, 7) is 2.02. The quantitative estimate of drug-likeness (QED) is 0.677. The average Bonchev–Trinajstić information content (AvgIpc) is 2.92. The number of benzene rings is 3. The highest BCUT2D eigenvalue weighted by Crippen LogP contribution is 2.46. The molecule has 0 saturated carbocycles. The number of nitrogens with one attached hydrogen (secondary N) is 1. The number of hydrogen-bond donors (Lipinski definition) is 1. The zero-order valence-electron chi connectivity index (χ0n) is 13.6. The van der Waals surface area contributed by atoms with Crippen LogP contribution in [0.3, 0.4) is 0 Å². The van der Waals surface area contributed by atoms with E-state index in [-0.39, 0.29) is 5.91 Å². The van der Waals surface area contributed by atoms with Crippen molar-refractivity contribution in [3.05, 3.63) is 94.0 Å². The molecule has 1 amide bonds. The fourth-order valence-electron chi connectivity index (χ4n) is 3.17. The van der Waals surface area contributed by atoms with Crippen LogP contribution in [0.4, 0.5) is 5.69 Å². The molecule has 3 nitrogen and oxygen atoms in total. The van der Waals surface area contributed by atoms with Crippen LogP contribution < -0.4 is 10.1 Å². The molecule has 0 spiro atoms. The standard InChI is InChI=1S/C21H16BrNO2/c1-14-10-12-16(13-11-14)25-21(15-6-3-2-4-7-15)17-8-5-9-18(22)19(17)23-20(21)24/h2-13H,1H3,(H,23,24)/t21-/m0/s1. The number of amides is 1. The lowest BCUT2D eigenvalue weighted by molar-refractivity contribution is -0.127. The summed E-state index contributed by atoms with van der Waals surface area (Å²) in [6.07, 6.45) is 0.